The van der Waals surface area contributed by atoms with Crippen LogP contribution in [0.2, 0.25) is 0 Å². The van der Waals surface area contributed by atoms with Crippen molar-refractivity contribution in [2.24, 2.45) is 0 Å². The van der Waals surface area contributed by atoms with Crippen molar-refractivity contribution in [2.75, 3.05) is 17.7 Å². The minimum Gasteiger partial charge on any atom is -0.391 e. The van der Waals surface area contributed by atoms with Crippen LogP contribution < -0.4 is 10.6 Å². The van der Waals surface area contributed by atoms with Gasteiger partial charge in [0.2, 0.25) is 0 Å². The Labute approximate surface area is 102 Å². The zero-order chi connectivity index (χ0) is 12.3. The Morgan fingerprint density at radius 3 is 2.65 bits per heavy atom. The van der Waals surface area contributed by atoms with Crippen molar-refractivity contribution in [3.63, 3.8) is 0 Å². The van der Waals surface area contributed by atoms with E-state index in [1.807, 2.05) is 14.0 Å². The third kappa shape index (κ3) is 2.66. The van der Waals surface area contributed by atoms with Gasteiger partial charge in [-0.3, -0.25) is 0 Å². The maximum absolute atomic E-state index is 9.93. The van der Waals surface area contributed by atoms with Crippen LogP contribution in [0, 0.1) is 6.92 Å². The standard InChI is InChI=1S/C12H20N4O/c1-8-11(13-2)14-7-15-12(8)16-9-5-3-4-6-10(9)17/h7,9-10,17H,3-6H2,1-2H3,(H2,13,14,15,16). The minimum atomic E-state index is -0.267. The van der Waals surface area contributed by atoms with Crippen molar-refractivity contribution >= 4 is 11.6 Å². The SMILES string of the molecule is CNc1ncnc(NC2CCCCC2O)c1C. The average molecular weight is 236 g/mol. The molecule has 5 nitrogen and oxygen atoms in total. The van der Waals surface area contributed by atoms with Gasteiger partial charge in [0.05, 0.1) is 12.1 Å². The smallest absolute Gasteiger partial charge is 0.134 e. The summed E-state index contributed by atoms with van der Waals surface area (Å²) in [5.41, 5.74) is 0.993. The first-order valence-electron chi connectivity index (χ1n) is 6.16. The van der Waals surface area contributed by atoms with Gasteiger partial charge in [-0.2, -0.15) is 0 Å². The molecule has 17 heavy (non-hydrogen) atoms. The highest BCUT2D eigenvalue weighted by Crippen LogP contribution is 2.24. The van der Waals surface area contributed by atoms with Crippen molar-refractivity contribution in [1.29, 1.82) is 0 Å². The number of nitrogens with one attached hydrogen (secondary N) is 2. The van der Waals surface area contributed by atoms with E-state index < -0.39 is 0 Å². The summed E-state index contributed by atoms with van der Waals surface area (Å²) < 4.78 is 0. The molecule has 0 aromatic carbocycles. The van der Waals surface area contributed by atoms with E-state index in [2.05, 4.69) is 20.6 Å². The molecule has 0 radical (unpaired) electrons. The summed E-state index contributed by atoms with van der Waals surface area (Å²) in [6.07, 6.45) is 5.43. The minimum absolute atomic E-state index is 0.113. The molecule has 1 fully saturated rings. The highest BCUT2D eigenvalue weighted by molar-refractivity contribution is 5.56. The van der Waals surface area contributed by atoms with Gasteiger partial charge in [0, 0.05) is 12.6 Å². The van der Waals surface area contributed by atoms with E-state index in [1.165, 1.54) is 6.33 Å². The van der Waals surface area contributed by atoms with Crippen molar-refractivity contribution in [3.8, 4) is 0 Å². The number of aromatic nitrogens is 2. The van der Waals surface area contributed by atoms with Crippen molar-refractivity contribution < 1.29 is 5.11 Å². The lowest BCUT2D eigenvalue weighted by molar-refractivity contribution is 0.116. The quantitative estimate of drug-likeness (QED) is 0.742. The van der Waals surface area contributed by atoms with Crippen LogP contribution >= 0.6 is 0 Å². The van der Waals surface area contributed by atoms with Crippen molar-refractivity contribution in [1.82, 2.24) is 9.97 Å². The Bertz CT molecular complexity index is 383. The monoisotopic (exact) mass is 236 g/mol. The van der Waals surface area contributed by atoms with Crippen LogP contribution in [0.1, 0.15) is 31.2 Å². The summed E-state index contributed by atoms with van der Waals surface area (Å²) in [6.45, 7) is 1.98. The van der Waals surface area contributed by atoms with Crippen LogP contribution in [-0.2, 0) is 0 Å². The Hall–Kier alpha value is -1.36. The highest BCUT2D eigenvalue weighted by Gasteiger charge is 2.23. The van der Waals surface area contributed by atoms with Crippen LogP contribution in [0.25, 0.3) is 0 Å². The Morgan fingerprint density at radius 2 is 1.94 bits per heavy atom. The fourth-order valence-corrected chi connectivity index (χ4v) is 2.30. The first-order valence-corrected chi connectivity index (χ1v) is 6.16. The van der Waals surface area contributed by atoms with Crippen molar-refractivity contribution in [3.05, 3.63) is 11.9 Å². The second kappa shape index (κ2) is 5.31. The summed E-state index contributed by atoms with van der Waals surface area (Å²) in [4.78, 5) is 8.39. The molecular formula is C12H20N4O. The molecule has 0 bridgehead atoms. The summed E-state index contributed by atoms with van der Waals surface area (Å²) >= 11 is 0. The normalized spacial score (nSPS) is 24.4. The molecule has 2 rings (SSSR count). The molecule has 0 spiro atoms. The Kier molecular flexibility index (Phi) is 3.78. The molecular weight excluding hydrogens is 216 g/mol. The predicted molar refractivity (Wildman–Crippen MR) is 68.2 cm³/mol. The molecule has 1 aliphatic carbocycles. The summed E-state index contributed by atoms with van der Waals surface area (Å²) in [5, 5.41) is 16.3. The lowest BCUT2D eigenvalue weighted by Gasteiger charge is -2.29. The largest absolute Gasteiger partial charge is 0.391 e. The fourth-order valence-electron chi connectivity index (χ4n) is 2.30. The van der Waals surface area contributed by atoms with Gasteiger partial charge in [-0.1, -0.05) is 12.8 Å². The maximum atomic E-state index is 9.93. The fraction of sp³-hybridized carbons (Fsp3) is 0.667. The summed E-state index contributed by atoms with van der Waals surface area (Å²) in [6, 6.07) is 0.113. The lowest BCUT2D eigenvalue weighted by atomic mass is 9.92. The zero-order valence-electron chi connectivity index (χ0n) is 10.4. The maximum Gasteiger partial charge on any atom is 0.134 e. The second-order valence-corrected chi connectivity index (χ2v) is 4.55. The molecule has 5 heteroatoms. The molecule has 3 N–H and O–H groups in total. The molecule has 1 aromatic rings. The number of anilines is 2. The van der Waals surface area contributed by atoms with Gasteiger partial charge >= 0.3 is 0 Å². The molecule has 0 amide bonds. The van der Waals surface area contributed by atoms with E-state index in [0.29, 0.717) is 0 Å². The van der Waals surface area contributed by atoms with Gasteiger partial charge in [0.1, 0.15) is 18.0 Å². The molecule has 1 saturated carbocycles. The predicted octanol–water partition coefficient (Wildman–Crippen LogP) is 1.54. The van der Waals surface area contributed by atoms with Crippen LogP contribution in [0.5, 0.6) is 0 Å². The molecule has 2 atom stereocenters. The molecule has 94 valence electrons. The van der Waals surface area contributed by atoms with E-state index in [4.69, 9.17) is 0 Å². The topological polar surface area (TPSA) is 70.1 Å². The van der Waals surface area contributed by atoms with Crippen LogP contribution in [0.15, 0.2) is 6.33 Å². The van der Waals surface area contributed by atoms with Crippen LogP contribution in [-0.4, -0.2) is 34.3 Å². The first-order chi connectivity index (χ1) is 8.22. The first kappa shape index (κ1) is 12.1. The molecule has 1 aliphatic rings. The molecule has 0 saturated heterocycles. The van der Waals surface area contributed by atoms with E-state index in [0.717, 1.165) is 42.9 Å². The average Bonchev–Trinajstić information content (AvgIpc) is 2.34. The van der Waals surface area contributed by atoms with Crippen molar-refractivity contribution in [2.45, 2.75) is 44.8 Å². The lowest BCUT2D eigenvalue weighted by Crippen LogP contribution is -2.36. The summed E-state index contributed by atoms with van der Waals surface area (Å²) in [5.74, 6) is 1.64. The number of aliphatic hydroxyl groups is 1. The van der Waals surface area contributed by atoms with Gasteiger partial charge < -0.3 is 15.7 Å². The third-order valence-electron chi connectivity index (χ3n) is 3.37. The number of hydrogen-bond donors (Lipinski definition) is 3. The van der Waals surface area contributed by atoms with E-state index in [9.17, 15) is 5.11 Å². The van der Waals surface area contributed by atoms with Gasteiger partial charge in [0.15, 0.2) is 0 Å². The number of rotatable bonds is 3. The molecule has 1 heterocycles. The van der Waals surface area contributed by atoms with E-state index in [-0.39, 0.29) is 12.1 Å². The molecule has 2 unspecified atom stereocenters. The van der Waals surface area contributed by atoms with Gasteiger partial charge in [0.25, 0.3) is 0 Å². The van der Waals surface area contributed by atoms with E-state index >= 15 is 0 Å². The Balaban J connectivity index is 2.12. The number of hydrogen-bond acceptors (Lipinski definition) is 5. The summed E-state index contributed by atoms with van der Waals surface area (Å²) in [7, 11) is 1.84. The zero-order valence-corrected chi connectivity index (χ0v) is 10.4. The Morgan fingerprint density at radius 1 is 1.24 bits per heavy atom. The van der Waals surface area contributed by atoms with Crippen LogP contribution in [0.3, 0.4) is 0 Å². The number of aliphatic hydroxyl groups excluding tert-OH is 1. The van der Waals surface area contributed by atoms with Crippen LogP contribution in [0.4, 0.5) is 11.6 Å². The third-order valence-corrected chi connectivity index (χ3v) is 3.37. The van der Waals surface area contributed by atoms with Gasteiger partial charge in [-0.25, -0.2) is 9.97 Å². The molecule has 1 aromatic heterocycles. The molecule has 0 aliphatic heterocycles. The second-order valence-electron chi connectivity index (χ2n) is 4.55. The van der Waals surface area contributed by atoms with Gasteiger partial charge in [-0.15, -0.1) is 0 Å². The van der Waals surface area contributed by atoms with E-state index in [1.54, 1.807) is 0 Å². The number of nitrogens with zero attached hydrogens (tertiary/aromatic N) is 2. The van der Waals surface area contributed by atoms with Gasteiger partial charge in [-0.05, 0) is 19.8 Å². The highest BCUT2D eigenvalue weighted by atomic mass is 16.3.